The van der Waals surface area contributed by atoms with Crippen molar-refractivity contribution in [1.82, 2.24) is 20.5 Å². The van der Waals surface area contributed by atoms with Crippen LogP contribution in [0.2, 0.25) is 0 Å². The number of rotatable bonds is 7. The highest BCUT2D eigenvalue weighted by Crippen LogP contribution is 2.17. The number of aromatic nitrogens is 3. The Hall–Kier alpha value is -1.53. The Bertz CT molecular complexity index is 460. The number of hydrogen-bond donors (Lipinski definition) is 1. The molecular weight excluding hydrogens is 248 g/mol. The van der Waals surface area contributed by atoms with E-state index in [1.165, 1.54) is 11.3 Å². The Kier molecular flexibility index (Phi) is 5.04. The van der Waals surface area contributed by atoms with E-state index < -0.39 is 0 Å². The van der Waals surface area contributed by atoms with E-state index in [1.807, 2.05) is 18.2 Å². The molecule has 0 spiro atoms. The van der Waals surface area contributed by atoms with Crippen LogP contribution in [0, 0.1) is 0 Å². The molecule has 0 aromatic carbocycles. The summed E-state index contributed by atoms with van der Waals surface area (Å²) >= 11 is 1.48. The SMILES string of the molecule is CCNCc1nnc(OCCc2ccccn2)s1. The highest BCUT2D eigenvalue weighted by molar-refractivity contribution is 7.13. The second-order valence-corrected chi connectivity index (χ2v) is 4.69. The van der Waals surface area contributed by atoms with Gasteiger partial charge in [-0.2, -0.15) is 0 Å². The van der Waals surface area contributed by atoms with Gasteiger partial charge in [0.25, 0.3) is 5.19 Å². The highest BCUT2D eigenvalue weighted by atomic mass is 32.1. The molecule has 0 aliphatic rings. The van der Waals surface area contributed by atoms with Crippen molar-refractivity contribution in [1.29, 1.82) is 0 Å². The van der Waals surface area contributed by atoms with E-state index in [9.17, 15) is 0 Å². The molecule has 0 atom stereocenters. The van der Waals surface area contributed by atoms with Crippen LogP contribution in [0.1, 0.15) is 17.6 Å². The first-order valence-corrected chi connectivity index (χ1v) is 6.76. The normalized spacial score (nSPS) is 10.5. The fourth-order valence-corrected chi connectivity index (χ4v) is 2.07. The first-order chi connectivity index (χ1) is 8.88. The van der Waals surface area contributed by atoms with Crippen LogP contribution >= 0.6 is 11.3 Å². The minimum Gasteiger partial charge on any atom is -0.469 e. The molecule has 0 saturated carbocycles. The molecule has 96 valence electrons. The van der Waals surface area contributed by atoms with Crippen LogP contribution in [0.25, 0.3) is 0 Å². The van der Waals surface area contributed by atoms with Gasteiger partial charge in [0.2, 0.25) is 0 Å². The van der Waals surface area contributed by atoms with Gasteiger partial charge in [-0.15, -0.1) is 10.2 Å². The summed E-state index contributed by atoms with van der Waals surface area (Å²) in [5.41, 5.74) is 1.02. The van der Waals surface area contributed by atoms with Crippen LogP contribution in [-0.2, 0) is 13.0 Å². The monoisotopic (exact) mass is 264 g/mol. The molecular formula is C12H16N4OS. The van der Waals surface area contributed by atoms with Crippen molar-refractivity contribution in [2.45, 2.75) is 19.9 Å². The molecule has 2 aromatic rings. The maximum absolute atomic E-state index is 5.55. The third-order valence-corrected chi connectivity index (χ3v) is 3.12. The lowest BCUT2D eigenvalue weighted by Crippen LogP contribution is -2.11. The number of pyridine rings is 1. The van der Waals surface area contributed by atoms with Crippen molar-refractivity contribution in [3.63, 3.8) is 0 Å². The van der Waals surface area contributed by atoms with Crippen LogP contribution in [0.5, 0.6) is 5.19 Å². The fourth-order valence-electron chi connectivity index (χ4n) is 1.39. The van der Waals surface area contributed by atoms with E-state index in [0.717, 1.165) is 30.2 Å². The van der Waals surface area contributed by atoms with Gasteiger partial charge in [0.05, 0.1) is 6.61 Å². The molecule has 0 aliphatic carbocycles. The zero-order chi connectivity index (χ0) is 12.6. The second-order valence-electron chi connectivity index (χ2n) is 3.66. The molecule has 2 heterocycles. The molecule has 0 bridgehead atoms. The van der Waals surface area contributed by atoms with Gasteiger partial charge in [-0.05, 0) is 18.7 Å². The summed E-state index contributed by atoms with van der Waals surface area (Å²) in [6.07, 6.45) is 2.57. The first-order valence-electron chi connectivity index (χ1n) is 5.94. The predicted octanol–water partition coefficient (Wildman–Crippen LogP) is 1.66. The lowest BCUT2D eigenvalue weighted by atomic mass is 10.3. The molecule has 0 fully saturated rings. The Labute approximate surface area is 110 Å². The maximum Gasteiger partial charge on any atom is 0.294 e. The first kappa shape index (κ1) is 12.9. The molecule has 1 N–H and O–H groups in total. The predicted molar refractivity (Wildman–Crippen MR) is 70.7 cm³/mol. The Balaban J connectivity index is 1.75. The van der Waals surface area contributed by atoms with Crippen molar-refractivity contribution in [3.8, 4) is 5.19 Å². The molecule has 0 unspecified atom stereocenters. The lowest BCUT2D eigenvalue weighted by molar-refractivity contribution is 0.316. The Morgan fingerprint density at radius 1 is 1.33 bits per heavy atom. The standard InChI is InChI=1S/C12H16N4OS/c1-2-13-9-11-15-16-12(18-11)17-8-6-10-5-3-4-7-14-10/h3-5,7,13H,2,6,8-9H2,1H3. The zero-order valence-electron chi connectivity index (χ0n) is 10.3. The van der Waals surface area contributed by atoms with Crippen LogP contribution in [-0.4, -0.2) is 28.3 Å². The molecule has 0 amide bonds. The lowest BCUT2D eigenvalue weighted by Gasteiger charge is -2.00. The third kappa shape index (κ3) is 4.05. The van der Waals surface area contributed by atoms with Crippen LogP contribution in [0.15, 0.2) is 24.4 Å². The molecule has 18 heavy (non-hydrogen) atoms. The van der Waals surface area contributed by atoms with Gasteiger partial charge in [-0.25, -0.2) is 0 Å². The molecule has 0 radical (unpaired) electrons. The van der Waals surface area contributed by atoms with E-state index in [2.05, 4.69) is 27.4 Å². The van der Waals surface area contributed by atoms with Gasteiger partial charge in [-0.1, -0.05) is 24.3 Å². The van der Waals surface area contributed by atoms with Crippen molar-refractivity contribution in [2.75, 3.05) is 13.2 Å². The summed E-state index contributed by atoms with van der Waals surface area (Å²) in [7, 11) is 0. The summed E-state index contributed by atoms with van der Waals surface area (Å²) in [6, 6.07) is 5.87. The fraction of sp³-hybridized carbons (Fsp3) is 0.417. The smallest absolute Gasteiger partial charge is 0.294 e. The number of ether oxygens (including phenoxy) is 1. The van der Waals surface area contributed by atoms with E-state index in [4.69, 9.17) is 4.74 Å². The van der Waals surface area contributed by atoms with Gasteiger partial charge in [-0.3, -0.25) is 4.98 Å². The average molecular weight is 264 g/mol. The largest absolute Gasteiger partial charge is 0.469 e. The molecule has 2 aromatic heterocycles. The van der Waals surface area contributed by atoms with Crippen molar-refractivity contribution < 1.29 is 4.74 Å². The molecule has 0 saturated heterocycles. The number of nitrogens with zero attached hydrogens (tertiary/aromatic N) is 3. The topological polar surface area (TPSA) is 59.9 Å². The number of nitrogens with one attached hydrogen (secondary N) is 1. The van der Waals surface area contributed by atoms with Gasteiger partial charge in [0.1, 0.15) is 5.01 Å². The molecule has 2 rings (SSSR count). The van der Waals surface area contributed by atoms with Gasteiger partial charge in [0.15, 0.2) is 0 Å². The second kappa shape index (κ2) is 7.03. The molecule has 0 aliphatic heterocycles. The van der Waals surface area contributed by atoms with Gasteiger partial charge >= 0.3 is 0 Å². The van der Waals surface area contributed by atoms with Crippen LogP contribution in [0.3, 0.4) is 0 Å². The Morgan fingerprint density at radius 2 is 2.28 bits per heavy atom. The summed E-state index contributed by atoms with van der Waals surface area (Å²) < 4.78 is 5.55. The molecule has 6 heteroatoms. The van der Waals surface area contributed by atoms with Gasteiger partial charge < -0.3 is 10.1 Å². The Morgan fingerprint density at radius 3 is 3.06 bits per heavy atom. The number of hydrogen-bond acceptors (Lipinski definition) is 6. The van der Waals surface area contributed by atoms with E-state index in [0.29, 0.717) is 11.8 Å². The third-order valence-electron chi connectivity index (χ3n) is 2.28. The van der Waals surface area contributed by atoms with Crippen LogP contribution in [0.4, 0.5) is 0 Å². The van der Waals surface area contributed by atoms with Gasteiger partial charge in [0, 0.05) is 24.9 Å². The highest BCUT2D eigenvalue weighted by Gasteiger charge is 2.04. The minimum atomic E-state index is 0.576. The zero-order valence-corrected chi connectivity index (χ0v) is 11.1. The van der Waals surface area contributed by atoms with Crippen LogP contribution < -0.4 is 10.1 Å². The van der Waals surface area contributed by atoms with E-state index in [-0.39, 0.29) is 0 Å². The van der Waals surface area contributed by atoms with Crippen molar-refractivity contribution >= 4 is 11.3 Å². The summed E-state index contributed by atoms with van der Waals surface area (Å²) in [5, 5.41) is 12.8. The van der Waals surface area contributed by atoms with E-state index in [1.54, 1.807) is 6.20 Å². The maximum atomic E-state index is 5.55. The average Bonchev–Trinajstić information content (AvgIpc) is 2.85. The minimum absolute atomic E-state index is 0.576. The molecule has 5 nitrogen and oxygen atoms in total. The summed E-state index contributed by atoms with van der Waals surface area (Å²) in [6.45, 7) is 4.31. The summed E-state index contributed by atoms with van der Waals surface area (Å²) in [4.78, 5) is 4.23. The van der Waals surface area contributed by atoms with Crippen molar-refractivity contribution in [3.05, 3.63) is 35.1 Å². The summed E-state index contributed by atoms with van der Waals surface area (Å²) in [5.74, 6) is 0. The van der Waals surface area contributed by atoms with E-state index >= 15 is 0 Å². The quantitative estimate of drug-likeness (QED) is 0.824. The van der Waals surface area contributed by atoms with Crippen molar-refractivity contribution in [2.24, 2.45) is 0 Å².